The number of aromatic nitrogens is 3. The third-order valence-corrected chi connectivity index (χ3v) is 11.4. The number of ether oxygens (including phenoxy) is 2. The zero-order valence-electron chi connectivity index (χ0n) is 26.2. The van der Waals surface area contributed by atoms with Gasteiger partial charge in [0.2, 0.25) is 0 Å². The summed E-state index contributed by atoms with van der Waals surface area (Å²) in [5.74, 6) is 0.942. The molecule has 1 saturated heterocycles. The lowest BCUT2D eigenvalue weighted by molar-refractivity contribution is -0.133. The number of pyridine rings is 2. The minimum Gasteiger partial charge on any atom is -0.477 e. The average Bonchev–Trinajstić information content (AvgIpc) is 3.82. The molecular formula is C36H36Cl2N4O5. The Balaban J connectivity index is 0.984. The van der Waals surface area contributed by atoms with Crippen molar-refractivity contribution in [1.29, 1.82) is 0 Å². The lowest BCUT2D eigenvalue weighted by Gasteiger charge is -2.52. The molecule has 4 aliphatic carbocycles. The van der Waals surface area contributed by atoms with Gasteiger partial charge in [-0.05, 0) is 79.9 Å². The first kappa shape index (κ1) is 30.8. The molecule has 4 heterocycles. The highest BCUT2D eigenvalue weighted by Crippen LogP contribution is 2.55. The van der Waals surface area contributed by atoms with Crippen LogP contribution in [0.4, 0.5) is 5.82 Å². The fourth-order valence-electron chi connectivity index (χ4n) is 7.57. The van der Waals surface area contributed by atoms with E-state index in [0.29, 0.717) is 52.7 Å². The Bertz CT molecular complexity index is 1850. The Morgan fingerprint density at radius 2 is 1.81 bits per heavy atom. The lowest BCUT2D eigenvalue weighted by Crippen LogP contribution is -2.52. The number of rotatable bonds is 10. The summed E-state index contributed by atoms with van der Waals surface area (Å²) in [6.45, 7) is 1.81. The minimum atomic E-state index is -1.03. The minimum absolute atomic E-state index is 0.0552. The van der Waals surface area contributed by atoms with Crippen molar-refractivity contribution < 1.29 is 23.9 Å². The molecule has 1 N–H and O–H groups in total. The quantitative estimate of drug-likeness (QED) is 0.177. The number of hydrogen-bond acceptors (Lipinski definition) is 8. The molecule has 4 saturated carbocycles. The molecule has 5 fully saturated rings. The predicted molar refractivity (Wildman–Crippen MR) is 180 cm³/mol. The zero-order valence-corrected chi connectivity index (χ0v) is 27.7. The molecule has 2 bridgehead atoms. The summed E-state index contributed by atoms with van der Waals surface area (Å²) in [4.78, 5) is 22.5. The van der Waals surface area contributed by atoms with Gasteiger partial charge in [0.05, 0.1) is 28.4 Å². The Labute approximate surface area is 282 Å². The van der Waals surface area contributed by atoms with Crippen molar-refractivity contribution in [3.63, 3.8) is 0 Å². The summed E-state index contributed by atoms with van der Waals surface area (Å²) >= 11 is 13.0. The SMILES string of the molecule is COC1CN(c2nc(C(=O)O)cc3ccc(C=CC45CCC(OCc6c(-c7c(Cl)cncc7Cl)noc6C6CC6)(CC4)CC5)cc23)C1. The number of carbonyl (C=O) groups is 1. The van der Waals surface area contributed by atoms with Gasteiger partial charge in [-0.2, -0.15) is 0 Å². The molecule has 0 radical (unpaired) electrons. The number of fused-ring (bicyclic) bond motifs is 4. The van der Waals surface area contributed by atoms with Crippen LogP contribution in [0.1, 0.15) is 84.7 Å². The van der Waals surface area contributed by atoms with Crippen LogP contribution in [0, 0.1) is 5.41 Å². The Kier molecular flexibility index (Phi) is 7.79. The van der Waals surface area contributed by atoms with Crippen LogP contribution in [0.2, 0.25) is 10.0 Å². The second-order valence-electron chi connectivity index (χ2n) is 13.7. The van der Waals surface area contributed by atoms with Crippen LogP contribution in [-0.4, -0.2) is 58.1 Å². The van der Waals surface area contributed by atoms with E-state index in [1.807, 2.05) is 6.07 Å². The molecule has 0 amide bonds. The van der Waals surface area contributed by atoms with Crippen LogP contribution in [-0.2, 0) is 16.1 Å². The smallest absolute Gasteiger partial charge is 0.354 e. The number of allylic oxidation sites excluding steroid dienone is 1. The van der Waals surface area contributed by atoms with Crippen LogP contribution in [0.25, 0.3) is 28.1 Å². The van der Waals surface area contributed by atoms with E-state index in [2.05, 4.69) is 44.3 Å². The molecule has 3 aromatic heterocycles. The van der Waals surface area contributed by atoms with Gasteiger partial charge in [-0.3, -0.25) is 4.98 Å². The van der Waals surface area contributed by atoms with Crippen LogP contribution in [0.3, 0.4) is 0 Å². The Morgan fingerprint density at radius 1 is 1.09 bits per heavy atom. The van der Waals surface area contributed by atoms with Crippen LogP contribution in [0.5, 0.6) is 0 Å². The maximum atomic E-state index is 11.8. The van der Waals surface area contributed by atoms with Crippen molar-refractivity contribution in [3.05, 3.63) is 75.4 Å². The largest absolute Gasteiger partial charge is 0.477 e. The normalized spacial score (nSPS) is 24.4. The van der Waals surface area contributed by atoms with Crippen molar-refractivity contribution in [2.75, 3.05) is 25.1 Å². The standard InChI is InChI=1S/C36H36Cl2N4O5/c1-45-24-18-42(19-24)33-25-14-21(2-3-23(25)15-29(40-33)34(43)44)6-7-35-8-11-36(12-9-35,13-10-35)46-20-26-31(41-47-32(26)22-4-5-22)30-27(37)16-39-17-28(30)38/h2-3,6-7,14-17,22,24H,4-5,8-13,18-20H2,1H3,(H,43,44). The van der Waals surface area contributed by atoms with Gasteiger partial charge in [-0.15, -0.1) is 0 Å². The molecule has 47 heavy (non-hydrogen) atoms. The van der Waals surface area contributed by atoms with E-state index >= 15 is 0 Å². The van der Waals surface area contributed by atoms with E-state index < -0.39 is 5.97 Å². The number of halogens is 2. The van der Waals surface area contributed by atoms with Crippen molar-refractivity contribution in [2.24, 2.45) is 5.41 Å². The summed E-state index contributed by atoms with van der Waals surface area (Å²) < 4.78 is 18.1. The fraction of sp³-hybridized carbons (Fsp3) is 0.444. The number of methoxy groups -OCH3 is 1. The summed E-state index contributed by atoms with van der Waals surface area (Å²) in [7, 11) is 1.70. The van der Waals surface area contributed by atoms with Crippen LogP contribution >= 0.6 is 23.2 Å². The average molecular weight is 676 g/mol. The number of benzene rings is 1. The molecule has 0 atom stereocenters. The summed E-state index contributed by atoms with van der Waals surface area (Å²) in [6.07, 6.45) is 16.3. The first-order valence-corrected chi connectivity index (χ1v) is 17.1. The van der Waals surface area contributed by atoms with Crippen molar-refractivity contribution in [1.82, 2.24) is 15.1 Å². The zero-order chi connectivity index (χ0) is 32.3. The highest BCUT2D eigenvalue weighted by Gasteiger charge is 2.48. The van der Waals surface area contributed by atoms with Gasteiger partial charge >= 0.3 is 5.97 Å². The second kappa shape index (κ2) is 11.9. The summed E-state index contributed by atoms with van der Waals surface area (Å²) in [5, 5.41) is 16.8. The third kappa shape index (κ3) is 5.71. The number of nitrogens with zero attached hydrogens (tertiary/aromatic N) is 4. The molecular weight excluding hydrogens is 639 g/mol. The highest BCUT2D eigenvalue weighted by molar-refractivity contribution is 6.38. The lowest BCUT2D eigenvalue weighted by atomic mass is 9.58. The van der Waals surface area contributed by atoms with E-state index in [1.165, 1.54) is 0 Å². The van der Waals surface area contributed by atoms with Crippen molar-refractivity contribution in [2.45, 2.75) is 75.6 Å². The van der Waals surface area contributed by atoms with Gasteiger partial charge in [0.1, 0.15) is 17.3 Å². The van der Waals surface area contributed by atoms with Crippen LogP contribution in [0.15, 0.2) is 47.3 Å². The monoisotopic (exact) mass is 674 g/mol. The molecule has 1 aromatic carbocycles. The van der Waals surface area contributed by atoms with E-state index in [0.717, 1.165) is 79.0 Å². The maximum Gasteiger partial charge on any atom is 0.354 e. The van der Waals surface area contributed by atoms with Gasteiger partial charge < -0.3 is 24.0 Å². The topological polar surface area (TPSA) is 111 Å². The van der Waals surface area contributed by atoms with E-state index in [-0.39, 0.29) is 22.8 Å². The molecule has 9 nitrogen and oxygen atoms in total. The Morgan fingerprint density at radius 3 is 2.47 bits per heavy atom. The van der Waals surface area contributed by atoms with E-state index in [1.54, 1.807) is 25.6 Å². The van der Waals surface area contributed by atoms with E-state index in [9.17, 15) is 9.90 Å². The molecule has 0 unspecified atom stereocenters. The first-order valence-electron chi connectivity index (χ1n) is 16.3. The molecule has 1 aliphatic heterocycles. The number of aromatic carboxylic acids is 1. The molecule has 0 spiro atoms. The van der Waals surface area contributed by atoms with Gasteiger partial charge in [0.15, 0.2) is 5.69 Å². The van der Waals surface area contributed by atoms with Crippen molar-refractivity contribution in [3.8, 4) is 11.3 Å². The first-order chi connectivity index (χ1) is 22.8. The summed E-state index contributed by atoms with van der Waals surface area (Å²) in [6, 6.07) is 7.84. The van der Waals surface area contributed by atoms with Crippen molar-refractivity contribution >= 4 is 51.8 Å². The van der Waals surface area contributed by atoms with Gasteiger partial charge in [-0.1, -0.05) is 52.6 Å². The summed E-state index contributed by atoms with van der Waals surface area (Å²) in [5.41, 5.74) is 3.37. The van der Waals surface area contributed by atoms with Gasteiger partial charge in [0, 0.05) is 55.0 Å². The number of anilines is 1. The molecule has 5 aliphatic rings. The number of carboxylic acids is 1. The molecule has 4 aromatic rings. The molecule has 9 rings (SSSR count). The predicted octanol–water partition coefficient (Wildman–Crippen LogP) is 8.33. The third-order valence-electron chi connectivity index (χ3n) is 10.8. The van der Waals surface area contributed by atoms with Gasteiger partial charge in [0.25, 0.3) is 0 Å². The molecule has 11 heteroatoms. The number of carboxylic acid groups (broad SMARTS) is 1. The number of hydrogen-bond donors (Lipinski definition) is 1. The Hall–Kier alpha value is -3.50. The van der Waals surface area contributed by atoms with E-state index in [4.69, 9.17) is 37.2 Å². The highest BCUT2D eigenvalue weighted by atomic mass is 35.5. The fourth-order valence-corrected chi connectivity index (χ4v) is 8.11. The second-order valence-corrected chi connectivity index (χ2v) is 14.5. The van der Waals surface area contributed by atoms with Crippen LogP contribution < -0.4 is 4.90 Å². The maximum absolute atomic E-state index is 11.8. The molecule has 244 valence electrons. The van der Waals surface area contributed by atoms with Gasteiger partial charge in [-0.25, -0.2) is 9.78 Å².